The van der Waals surface area contributed by atoms with Gasteiger partial charge in [-0.1, -0.05) is 19.0 Å². The topological polar surface area (TPSA) is 106 Å². The van der Waals surface area contributed by atoms with E-state index in [9.17, 15) is 9.59 Å². The second-order valence-corrected chi connectivity index (χ2v) is 7.51. The predicted octanol–water partition coefficient (Wildman–Crippen LogP) is 4.30. The number of carbonyl (C=O) groups excluding carboxylic acids is 2. The minimum atomic E-state index is -0.166. The maximum atomic E-state index is 12.2. The number of aryl methyl sites for hydroxylation is 1. The van der Waals surface area contributed by atoms with Gasteiger partial charge in [0.2, 0.25) is 23.5 Å². The lowest BCUT2D eigenvalue weighted by Crippen LogP contribution is -2.14. The lowest BCUT2D eigenvalue weighted by molar-refractivity contribution is -0.117. The Labute approximate surface area is 181 Å². The number of ether oxygens (including phenoxy) is 1. The zero-order chi connectivity index (χ0) is 22.2. The third-order valence-corrected chi connectivity index (χ3v) is 4.43. The van der Waals surface area contributed by atoms with Gasteiger partial charge in [0.05, 0.1) is 7.11 Å². The molecule has 0 fully saturated rings. The molecule has 1 heterocycles. The summed E-state index contributed by atoms with van der Waals surface area (Å²) in [6.07, 6.45) is 1.00. The van der Waals surface area contributed by atoms with Gasteiger partial charge in [0.15, 0.2) is 0 Å². The van der Waals surface area contributed by atoms with Gasteiger partial charge in [0.1, 0.15) is 5.75 Å². The summed E-state index contributed by atoms with van der Waals surface area (Å²) in [7, 11) is 1.60. The van der Waals surface area contributed by atoms with Gasteiger partial charge in [0.25, 0.3) is 0 Å². The van der Waals surface area contributed by atoms with E-state index in [1.165, 1.54) is 0 Å². The summed E-state index contributed by atoms with van der Waals surface area (Å²) in [5.41, 5.74) is 2.15. The minimum absolute atomic E-state index is 0.0275. The van der Waals surface area contributed by atoms with Crippen molar-refractivity contribution in [2.24, 2.45) is 5.92 Å². The number of anilines is 2. The molecule has 31 heavy (non-hydrogen) atoms. The standard InChI is InChI=1S/C23H26N4O4/c1-15(2)14-21(29)25-18-8-6-17(7-9-18)24-20(28)12-13-22-26-23(27-31-22)16-4-10-19(30-3)11-5-16/h4-11,15H,12-14H2,1-3H3,(H,24,28)(H,25,29). The first-order chi connectivity index (χ1) is 14.9. The number of amides is 2. The van der Waals surface area contributed by atoms with Crippen molar-refractivity contribution in [1.82, 2.24) is 10.1 Å². The van der Waals surface area contributed by atoms with Crippen molar-refractivity contribution in [3.05, 3.63) is 54.4 Å². The van der Waals surface area contributed by atoms with Crippen LogP contribution in [0.2, 0.25) is 0 Å². The number of aromatic nitrogens is 2. The lowest BCUT2D eigenvalue weighted by atomic mass is 10.1. The van der Waals surface area contributed by atoms with Crippen LogP contribution in [-0.2, 0) is 16.0 Å². The smallest absolute Gasteiger partial charge is 0.227 e. The molecule has 2 amide bonds. The highest BCUT2D eigenvalue weighted by molar-refractivity contribution is 5.93. The van der Waals surface area contributed by atoms with Crippen molar-refractivity contribution in [1.29, 1.82) is 0 Å². The molecule has 8 nitrogen and oxygen atoms in total. The number of benzene rings is 2. The van der Waals surface area contributed by atoms with Crippen LogP contribution in [0.1, 0.15) is 32.6 Å². The Morgan fingerprint density at radius 3 is 2.16 bits per heavy atom. The van der Waals surface area contributed by atoms with Crippen LogP contribution < -0.4 is 15.4 Å². The van der Waals surface area contributed by atoms with Gasteiger partial charge < -0.3 is 19.9 Å². The fourth-order valence-electron chi connectivity index (χ4n) is 2.88. The second kappa shape index (κ2) is 10.4. The molecule has 0 saturated carbocycles. The zero-order valence-corrected chi connectivity index (χ0v) is 17.8. The van der Waals surface area contributed by atoms with E-state index < -0.39 is 0 Å². The average molecular weight is 422 g/mol. The Balaban J connectivity index is 1.48. The van der Waals surface area contributed by atoms with Crippen molar-refractivity contribution in [3.63, 3.8) is 0 Å². The van der Waals surface area contributed by atoms with Crippen LogP contribution >= 0.6 is 0 Å². The molecular weight excluding hydrogens is 396 g/mol. The number of hydrogen-bond acceptors (Lipinski definition) is 6. The van der Waals surface area contributed by atoms with Gasteiger partial charge in [0, 0.05) is 36.2 Å². The number of nitrogens with one attached hydrogen (secondary N) is 2. The quantitative estimate of drug-likeness (QED) is 0.532. The highest BCUT2D eigenvalue weighted by atomic mass is 16.5. The van der Waals surface area contributed by atoms with Crippen molar-refractivity contribution in [2.45, 2.75) is 33.1 Å². The largest absolute Gasteiger partial charge is 0.497 e. The van der Waals surface area contributed by atoms with Crippen molar-refractivity contribution >= 4 is 23.2 Å². The Morgan fingerprint density at radius 1 is 0.968 bits per heavy atom. The highest BCUT2D eigenvalue weighted by Crippen LogP contribution is 2.20. The zero-order valence-electron chi connectivity index (χ0n) is 17.8. The van der Waals surface area contributed by atoms with Gasteiger partial charge in [-0.25, -0.2) is 0 Å². The van der Waals surface area contributed by atoms with Gasteiger partial charge >= 0.3 is 0 Å². The Bertz CT molecular complexity index is 1010. The second-order valence-electron chi connectivity index (χ2n) is 7.51. The van der Waals surface area contributed by atoms with Gasteiger partial charge in [-0.3, -0.25) is 9.59 Å². The normalized spacial score (nSPS) is 10.7. The molecule has 2 aromatic carbocycles. The SMILES string of the molecule is COc1ccc(-c2noc(CCC(=O)Nc3ccc(NC(=O)CC(C)C)cc3)n2)cc1. The molecule has 2 N–H and O–H groups in total. The van der Waals surface area contributed by atoms with Crippen molar-refractivity contribution < 1.29 is 18.8 Å². The summed E-state index contributed by atoms with van der Waals surface area (Å²) in [6.45, 7) is 3.98. The Hall–Kier alpha value is -3.68. The minimum Gasteiger partial charge on any atom is -0.497 e. The highest BCUT2D eigenvalue weighted by Gasteiger charge is 2.11. The molecule has 0 unspecified atom stereocenters. The monoisotopic (exact) mass is 422 g/mol. The van der Waals surface area contributed by atoms with Crippen LogP contribution in [-0.4, -0.2) is 29.1 Å². The molecule has 0 aliphatic heterocycles. The summed E-state index contributed by atoms with van der Waals surface area (Å²) < 4.78 is 10.4. The van der Waals surface area contributed by atoms with E-state index in [-0.39, 0.29) is 18.2 Å². The summed E-state index contributed by atoms with van der Waals surface area (Å²) in [5, 5.41) is 9.62. The van der Waals surface area contributed by atoms with E-state index in [0.29, 0.717) is 41.8 Å². The number of hydrogen-bond donors (Lipinski definition) is 2. The maximum Gasteiger partial charge on any atom is 0.227 e. The fraction of sp³-hybridized carbons (Fsp3) is 0.304. The summed E-state index contributed by atoms with van der Waals surface area (Å²) >= 11 is 0. The van der Waals surface area contributed by atoms with Crippen LogP contribution in [0.15, 0.2) is 53.1 Å². The van der Waals surface area contributed by atoms with E-state index in [2.05, 4.69) is 20.8 Å². The summed E-state index contributed by atoms with van der Waals surface area (Å²) in [5.74, 6) is 1.71. The summed E-state index contributed by atoms with van der Waals surface area (Å²) in [4.78, 5) is 28.4. The molecule has 3 rings (SSSR count). The van der Waals surface area contributed by atoms with Crippen molar-refractivity contribution in [3.8, 4) is 17.1 Å². The first-order valence-electron chi connectivity index (χ1n) is 10.1. The average Bonchev–Trinajstić information content (AvgIpc) is 3.22. The first kappa shape index (κ1) is 22.0. The van der Waals surface area contributed by atoms with E-state index in [1.54, 1.807) is 31.4 Å². The van der Waals surface area contributed by atoms with Crippen LogP contribution in [0.25, 0.3) is 11.4 Å². The molecule has 3 aromatic rings. The van der Waals surface area contributed by atoms with Crippen LogP contribution in [0.4, 0.5) is 11.4 Å². The van der Waals surface area contributed by atoms with Crippen LogP contribution in [0, 0.1) is 5.92 Å². The molecule has 0 spiro atoms. The molecule has 0 bridgehead atoms. The number of carbonyl (C=O) groups is 2. The molecule has 1 aromatic heterocycles. The van der Waals surface area contributed by atoms with E-state index >= 15 is 0 Å². The maximum absolute atomic E-state index is 12.2. The molecule has 0 aliphatic rings. The number of rotatable bonds is 9. The molecular formula is C23H26N4O4. The van der Waals surface area contributed by atoms with E-state index in [4.69, 9.17) is 9.26 Å². The molecule has 0 saturated heterocycles. The third-order valence-electron chi connectivity index (χ3n) is 4.43. The Kier molecular flexibility index (Phi) is 7.37. The van der Waals surface area contributed by atoms with E-state index in [1.807, 2.05) is 38.1 Å². The first-order valence-corrected chi connectivity index (χ1v) is 10.1. The van der Waals surface area contributed by atoms with E-state index in [0.717, 1.165) is 11.3 Å². The van der Waals surface area contributed by atoms with Gasteiger partial charge in [-0.15, -0.1) is 0 Å². The molecule has 0 aliphatic carbocycles. The lowest BCUT2D eigenvalue weighted by Gasteiger charge is -2.09. The van der Waals surface area contributed by atoms with Gasteiger partial charge in [-0.05, 0) is 54.4 Å². The third kappa shape index (κ3) is 6.67. The number of methoxy groups -OCH3 is 1. The molecule has 0 atom stereocenters. The van der Waals surface area contributed by atoms with Crippen molar-refractivity contribution in [2.75, 3.05) is 17.7 Å². The van der Waals surface area contributed by atoms with Crippen LogP contribution in [0.3, 0.4) is 0 Å². The predicted molar refractivity (Wildman–Crippen MR) is 118 cm³/mol. The molecule has 0 radical (unpaired) electrons. The van der Waals surface area contributed by atoms with Crippen LogP contribution in [0.5, 0.6) is 5.75 Å². The van der Waals surface area contributed by atoms with Gasteiger partial charge in [-0.2, -0.15) is 4.98 Å². The fourth-order valence-corrected chi connectivity index (χ4v) is 2.88. The molecule has 8 heteroatoms. The number of nitrogens with zero attached hydrogens (tertiary/aromatic N) is 2. The molecule has 162 valence electrons. The Morgan fingerprint density at radius 2 is 1.58 bits per heavy atom. The summed E-state index contributed by atoms with van der Waals surface area (Å²) in [6, 6.07) is 14.3.